The summed E-state index contributed by atoms with van der Waals surface area (Å²) in [6.07, 6.45) is 4.73. The van der Waals surface area contributed by atoms with Crippen LogP contribution in [0.15, 0.2) is 0 Å². The zero-order valence-corrected chi connectivity index (χ0v) is 12.1. The van der Waals surface area contributed by atoms with Gasteiger partial charge in [-0.1, -0.05) is 0 Å². The molecule has 0 spiro atoms. The van der Waals surface area contributed by atoms with Crippen LogP contribution in [0.4, 0.5) is 0 Å². The van der Waals surface area contributed by atoms with E-state index in [2.05, 4.69) is 4.90 Å². The summed E-state index contributed by atoms with van der Waals surface area (Å²) in [5.74, 6) is 0.296. The maximum absolute atomic E-state index is 11.6. The molecule has 2 atom stereocenters. The molecule has 0 bridgehead atoms. The number of likely N-dealkylation sites (tertiary alicyclic amines) is 1. The van der Waals surface area contributed by atoms with Crippen molar-refractivity contribution in [2.45, 2.75) is 31.3 Å². The molecule has 2 aliphatic heterocycles. The lowest BCUT2D eigenvalue weighted by Crippen LogP contribution is -2.43. The molecule has 2 fully saturated rings. The molecule has 2 saturated heterocycles. The van der Waals surface area contributed by atoms with Crippen molar-refractivity contribution in [2.24, 2.45) is 5.92 Å². The average molecular weight is 276 g/mol. The zero-order chi connectivity index (χ0) is 13.4. The highest BCUT2D eigenvalue weighted by Gasteiger charge is 2.38. The SMILES string of the molecule is CN1CCC(O)(CC2CCCN(S(C)(=O)=O)C2)C1. The lowest BCUT2D eigenvalue weighted by Gasteiger charge is -2.35. The molecule has 2 rings (SSSR count). The molecule has 5 nitrogen and oxygen atoms in total. The van der Waals surface area contributed by atoms with Crippen LogP contribution in [0, 0.1) is 5.92 Å². The van der Waals surface area contributed by atoms with Crippen LogP contribution in [0.2, 0.25) is 0 Å². The Morgan fingerprint density at radius 3 is 2.67 bits per heavy atom. The van der Waals surface area contributed by atoms with E-state index in [4.69, 9.17) is 0 Å². The molecule has 0 aromatic rings. The van der Waals surface area contributed by atoms with Gasteiger partial charge in [-0.05, 0) is 38.6 Å². The summed E-state index contributed by atoms with van der Waals surface area (Å²) < 4.78 is 24.7. The maximum atomic E-state index is 11.6. The first-order chi connectivity index (χ1) is 8.28. The van der Waals surface area contributed by atoms with Gasteiger partial charge in [-0.25, -0.2) is 12.7 Å². The Bertz CT molecular complexity index is 398. The van der Waals surface area contributed by atoms with Crippen LogP contribution < -0.4 is 0 Å². The van der Waals surface area contributed by atoms with Crippen molar-refractivity contribution in [3.8, 4) is 0 Å². The summed E-state index contributed by atoms with van der Waals surface area (Å²) in [7, 11) is -1.07. The Morgan fingerprint density at radius 2 is 2.11 bits per heavy atom. The van der Waals surface area contributed by atoms with Gasteiger partial charge in [0.2, 0.25) is 10.0 Å². The van der Waals surface area contributed by atoms with Gasteiger partial charge < -0.3 is 10.0 Å². The van der Waals surface area contributed by atoms with E-state index in [1.165, 1.54) is 6.26 Å². The van der Waals surface area contributed by atoms with Crippen LogP contribution in [-0.2, 0) is 10.0 Å². The largest absolute Gasteiger partial charge is 0.388 e. The van der Waals surface area contributed by atoms with Gasteiger partial charge >= 0.3 is 0 Å². The maximum Gasteiger partial charge on any atom is 0.211 e. The topological polar surface area (TPSA) is 60.9 Å². The third-order valence-electron chi connectivity index (χ3n) is 4.14. The number of hydrogen-bond donors (Lipinski definition) is 1. The van der Waals surface area contributed by atoms with E-state index in [-0.39, 0.29) is 0 Å². The van der Waals surface area contributed by atoms with Crippen molar-refractivity contribution in [2.75, 3.05) is 39.5 Å². The number of likely N-dealkylation sites (N-methyl/N-ethyl adjacent to an activating group) is 1. The number of hydrogen-bond acceptors (Lipinski definition) is 4. The van der Waals surface area contributed by atoms with Crippen LogP contribution in [0.1, 0.15) is 25.7 Å². The predicted octanol–water partition coefficient (Wildman–Crippen LogP) is 0.115. The van der Waals surface area contributed by atoms with E-state index in [1.807, 2.05) is 7.05 Å². The molecular weight excluding hydrogens is 252 g/mol. The Labute approximate surface area is 110 Å². The van der Waals surface area contributed by atoms with Gasteiger partial charge in [-0.15, -0.1) is 0 Å². The van der Waals surface area contributed by atoms with E-state index >= 15 is 0 Å². The van der Waals surface area contributed by atoms with Crippen LogP contribution in [0.3, 0.4) is 0 Å². The molecule has 0 aromatic carbocycles. The summed E-state index contributed by atoms with van der Waals surface area (Å²) in [5, 5.41) is 10.5. The number of β-amino-alcohol motifs (C(OH)–C–C–N with tert-alkyl or cyclic N) is 1. The second-order valence-electron chi connectivity index (χ2n) is 6.05. The molecule has 0 aromatic heterocycles. The van der Waals surface area contributed by atoms with E-state index in [9.17, 15) is 13.5 Å². The number of rotatable bonds is 3. The van der Waals surface area contributed by atoms with E-state index < -0.39 is 15.6 Å². The molecule has 2 heterocycles. The highest BCUT2D eigenvalue weighted by molar-refractivity contribution is 7.88. The van der Waals surface area contributed by atoms with Crippen molar-refractivity contribution in [1.82, 2.24) is 9.21 Å². The third-order valence-corrected chi connectivity index (χ3v) is 5.41. The average Bonchev–Trinajstić information content (AvgIpc) is 2.57. The van der Waals surface area contributed by atoms with Crippen molar-refractivity contribution in [3.63, 3.8) is 0 Å². The Hall–Kier alpha value is -0.170. The summed E-state index contributed by atoms with van der Waals surface area (Å²) in [5.41, 5.74) is -0.611. The van der Waals surface area contributed by atoms with Gasteiger partial charge in [-0.3, -0.25) is 0 Å². The monoisotopic (exact) mass is 276 g/mol. The van der Waals surface area contributed by atoms with E-state index in [0.717, 1.165) is 32.2 Å². The summed E-state index contributed by atoms with van der Waals surface area (Å²) in [4.78, 5) is 2.14. The minimum atomic E-state index is -3.08. The standard InChI is InChI=1S/C12H24N2O3S/c1-13-7-5-12(15,10-13)8-11-4-3-6-14(9-11)18(2,16)17/h11,15H,3-10H2,1-2H3. The van der Waals surface area contributed by atoms with Gasteiger partial charge in [0.15, 0.2) is 0 Å². The van der Waals surface area contributed by atoms with Gasteiger partial charge in [0.05, 0.1) is 11.9 Å². The second-order valence-corrected chi connectivity index (χ2v) is 8.03. The fraction of sp³-hybridized carbons (Fsp3) is 1.00. The Morgan fingerprint density at radius 1 is 1.39 bits per heavy atom. The normalized spacial score (nSPS) is 36.1. The number of aliphatic hydroxyl groups is 1. The molecule has 106 valence electrons. The van der Waals surface area contributed by atoms with Crippen LogP contribution >= 0.6 is 0 Å². The quantitative estimate of drug-likeness (QED) is 0.795. The number of nitrogens with zero attached hydrogens (tertiary/aromatic N) is 2. The third kappa shape index (κ3) is 3.44. The minimum absolute atomic E-state index is 0.296. The molecular formula is C12H24N2O3S. The highest BCUT2D eigenvalue weighted by atomic mass is 32.2. The summed E-state index contributed by atoms with van der Waals surface area (Å²) >= 11 is 0. The zero-order valence-electron chi connectivity index (χ0n) is 11.3. The first kappa shape index (κ1) is 14.2. The molecule has 2 aliphatic rings. The lowest BCUT2D eigenvalue weighted by molar-refractivity contribution is 0.0185. The summed E-state index contributed by atoms with van der Waals surface area (Å²) in [6.45, 7) is 2.85. The highest BCUT2D eigenvalue weighted by Crippen LogP contribution is 2.31. The first-order valence-corrected chi connectivity index (χ1v) is 8.49. The van der Waals surface area contributed by atoms with Crippen molar-refractivity contribution >= 4 is 10.0 Å². The molecule has 0 radical (unpaired) electrons. The smallest absolute Gasteiger partial charge is 0.211 e. The molecule has 2 unspecified atom stereocenters. The molecule has 6 heteroatoms. The van der Waals surface area contributed by atoms with Gasteiger partial charge in [0.1, 0.15) is 0 Å². The second kappa shape index (κ2) is 5.07. The Kier molecular flexibility index (Phi) is 4.02. The molecule has 0 amide bonds. The minimum Gasteiger partial charge on any atom is -0.388 e. The fourth-order valence-electron chi connectivity index (χ4n) is 3.26. The first-order valence-electron chi connectivity index (χ1n) is 6.65. The lowest BCUT2D eigenvalue weighted by atomic mass is 9.85. The molecule has 1 N–H and O–H groups in total. The van der Waals surface area contributed by atoms with E-state index in [0.29, 0.717) is 25.6 Å². The van der Waals surface area contributed by atoms with Gasteiger partial charge in [-0.2, -0.15) is 0 Å². The van der Waals surface area contributed by atoms with E-state index in [1.54, 1.807) is 4.31 Å². The van der Waals surface area contributed by atoms with Crippen molar-refractivity contribution < 1.29 is 13.5 Å². The van der Waals surface area contributed by atoms with Crippen LogP contribution in [0.25, 0.3) is 0 Å². The van der Waals surface area contributed by atoms with Crippen molar-refractivity contribution in [3.05, 3.63) is 0 Å². The Balaban J connectivity index is 1.94. The molecule has 0 aliphatic carbocycles. The van der Waals surface area contributed by atoms with Crippen LogP contribution in [0.5, 0.6) is 0 Å². The van der Waals surface area contributed by atoms with Crippen molar-refractivity contribution in [1.29, 1.82) is 0 Å². The summed E-state index contributed by atoms with van der Waals surface area (Å²) in [6, 6.07) is 0. The molecule has 18 heavy (non-hydrogen) atoms. The number of sulfonamides is 1. The fourth-order valence-corrected chi connectivity index (χ4v) is 4.20. The molecule has 0 saturated carbocycles. The number of piperidine rings is 1. The van der Waals surface area contributed by atoms with Gasteiger partial charge in [0.25, 0.3) is 0 Å². The van der Waals surface area contributed by atoms with Crippen LogP contribution in [-0.4, -0.2) is 67.8 Å². The predicted molar refractivity (Wildman–Crippen MR) is 70.8 cm³/mol. The van der Waals surface area contributed by atoms with Gasteiger partial charge in [0, 0.05) is 26.2 Å².